The van der Waals surface area contributed by atoms with Gasteiger partial charge in [-0.25, -0.2) is 4.98 Å². The number of aromatic nitrogens is 1. The van der Waals surface area contributed by atoms with E-state index in [0.717, 1.165) is 23.1 Å². The maximum Gasteiger partial charge on any atom is 0.251 e. The Morgan fingerprint density at radius 3 is 2.89 bits per heavy atom. The van der Waals surface area contributed by atoms with Gasteiger partial charge in [-0.3, -0.25) is 4.79 Å². The molecule has 1 aliphatic carbocycles. The minimum Gasteiger partial charge on any atom is -0.349 e. The number of halogens is 1. The van der Waals surface area contributed by atoms with Gasteiger partial charge in [-0.2, -0.15) is 0 Å². The number of benzene rings is 1. The summed E-state index contributed by atoms with van der Waals surface area (Å²) in [4.78, 5) is 16.4. The Labute approximate surface area is 121 Å². The van der Waals surface area contributed by atoms with Crippen LogP contribution in [-0.2, 0) is 0 Å². The first-order chi connectivity index (χ1) is 9.22. The van der Waals surface area contributed by atoms with Gasteiger partial charge in [0, 0.05) is 11.6 Å². The number of rotatable bonds is 2. The van der Waals surface area contributed by atoms with Crippen molar-refractivity contribution in [3.8, 4) is 0 Å². The number of fused-ring (bicyclic) bond motifs is 1. The average molecular weight is 295 g/mol. The van der Waals surface area contributed by atoms with Gasteiger partial charge in [0.2, 0.25) is 0 Å². The Kier molecular flexibility index (Phi) is 3.71. The van der Waals surface area contributed by atoms with Gasteiger partial charge in [0.15, 0.2) is 4.47 Å². The lowest BCUT2D eigenvalue weighted by atomic mass is 9.95. The molecule has 0 saturated heterocycles. The molecule has 1 N–H and O–H groups in total. The van der Waals surface area contributed by atoms with E-state index in [1.165, 1.54) is 30.6 Å². The molecule has 1 aromatic carbocycles. The quantitative estimate of drug-likeness (QED) is 0.909. The van der Waals surface area contributed by atoms with E-state index in [2.05, 4.69) is 10.3 Å². The number of hydrogen-bond donors (Lipinski definition) is 1. The second-order valence-corrected chi connectivity index (χ2v) is 6.57. The lowest BCUT2D eigenvalue weighted by molar-refractivity contribution is 0.0928. The summed E-state index contributed by atoms with van der Waals surface area (Å²) < 4.78 is 1.47. The van der Waals surface area contributed by atoms with Crippen LogP contribution in [0.25, 0.3) is 10.2 Å². The lowest BCUT2D eigenvalue weighted by Gasteiger charge is -2.22. The highest BCUT2D eigenvalue weighted by Crippen LogP contribution is 2.26. The molecule has 0 unspecified atom stereocenters. The fourth-order valence-corrected chi connectivity index (χ4v) is 3.62. The summed E-state index contributed by atoms with van der Waals surface area (Å²) in [7, 11) is 0. The van der Waals surface area contributed by atoms with E-state index in [4.69, 9.17) is 11.6 Å². The van der Waals surface area contributed by atoms with Crippen LogP contribution in [0, 0.1) is 0 Å². The van der Waals surface area contributed by atoms with E-state index < -0.39 is 0 Å². The predicted molar refractivity (Wildman–Crippen MR) is 79.0 cm³/mol. The topological polar surface area (TPSA) is 42.0 Å². The molecule has 19 heavy (non-hydrogen) atoms. The lowest BCUT2D eigenvalue weighted by Crippen LogP contribution is -2.36. The smallest absolute Gasteiger partial charge is 0.251 e. The van der Waals surface area contributed by atoms with Gasteiger partial charge >= 0.3 is 0 Å². The van der Waals surface area contributed by atoms with Crippen molar-refractivity contribution in [2.75, 3.05) is 0 Å². The highest BCUT2D eigenvalue weighted by atomic mass is 35.5. The number of nitrogens with zero attached hydrogens (tertiary/aromatic N) is 1. The summed E-state index contributed by atoms with van der Waals surface area (Å²) in [6, 6.07) is 5.88. The Morgan fingerprint density at radius 2 is 2.11 bits per heavy atom. The first kappa shape index (κ1) is 12.9. The van der Waals surface area contributed by atoms with Crippen LogP contribution in [0.5, 0.6) is 0 Å². The van der Waals surface area contributed by atoms with Crippen molar-refractivity contribution >= 4 is 39.1 Å². The molecule has 3 rings (SSSR count). The Bertz CT molecular complexity index is 605. The summed E-state index contributed by atoms with van der Waals surface area (Å²) in [5, 5.41) is 3.12. The molecule has 0 radical (unpaired) electrons. The highest BCUT2D eigenvalue weighted by Gasteiger charge is 2.17. The van der Waals surface area contributed by atoms with Gasteiger partial charge in [-0.1, -0.05) is 30.9 Å². The number of nitrogens with one attached hydrogen (secondary N) is 1. The fraction of sp³-hybridized carbons (Fsp3) is 0.429. The Hall–Kier alpha value is -1.13. The van der Waals surface area contributed by atoms with Crippen molar-refractivity contribution in [2.24, 2.45) is 0 Å². The third-order valence-electron chi connectivity index (χ3n) is 3.56. The molecule has 0 bridgehead atoms. The third kappa shape index (κ3) is 2.90. The van der Waals surface area contributed by atoms with Crippen molar-refractivity contribution in [3.63, 3.8) is 0 Å². The van der Waals surface area contributed by atoms with Crippen molar-refractivity contribution in [1.82, 2.24) is 10.3 Å². The summed E-state index contributed by atoms with van der Waals surface area (Å²) >= 11 is 7.28. The molecule has 5 heteroatoms. The predicted octanol–water partition coefficient (Wildman–Crippen LogP) is 4.01. The zero-order chi connectivity index (χ0) is 13.2. The molecular weight excluding hydrogens is 280 g/mol. The van der Waals surface area contributed by atoms with Gasteiger partial charge in [0.25, 0.3) is 5.91 Å². The number of amides is 1. The molecule has 0 atom stereocenters. The van der Waals surface area contributed by atoms with Crippen LogP contribution >= 0.6 is 22.9 Å². The van der Waals surface area contributed by atoms with Gasteiger partial charge in [-0.15, -0.1) is 11.3 Å². The van der Waals surface area contributed by atoms with Gasteiger partial charge in [0.1, 0.15) is 0 Å². The molecule has 0 aliphatic heterocycles. The molecule has 1 fully saturated rings. The van der Waals surface area contributed by atoms with Crippen LogP contribution in [0.1, 0.15) is 42.5 Å². The maximum atomic E-state index is 12.2. The standard InChI is InChI=1S/C14H15ClN2OS/c15-14-17-11-7-6-9(8-12(11)19-14)13(18)16-10-4-2-1-3-5-10/h6-8,10H,1-5H2,(H,16,18). The Morgan fingerprint density at radius 1 is 1.32 bits per heavy atom. The van der Waals surface area contributed by atoms with E-state index in [9.17, 15) is 4.79 Å². The minimum absolute atomic E-state index is 0.0123. The fourth-order valence-electron chi connectivity index (χ4n) is 2.55. The normalized spacial score (nSPS) is 16.7. The summed E-state index contributed by atoms with van der Waals surface area (Å²) in [6.07, 6.45) is 5.92. The van der Waals surface area contributed by atoms with Crippen LogP contribution in [0.4, 0.5) is 0 Å². The molecule has 1 saturated carbocycles. The van der Waals surface area contributed by atoms with E-state index in [-0.39, 0.29) is 5.91 Å². The van der Waals surface area contributed by atoms with Gasteiger partial charge in [0.05, 0.1) is 10.2 Å². The van der Waals surface area contributed by atoms with Crippen LogP contribution in [0.15, 0.2) is 18.2 Å². The molecule has 1 amide bonds. The largest absolute Gasteiger partial charge is 0.349 e. The first-order valence-electron chi connectivity index (χ1n) is 6.59. The van der Waals surface area contributed by atoms with E-state index in [1.54, 1.807) is 0 Å². The highest BCUT2D eigenvalue weighted by molar-refractivity contribution is 7.22. The molecule has 1 aliphatic rings. The summed E-state index contributed by atoms with van der Waals surface area (Å²) in [5.74, 6) is 0.0123. The van der Waals surface area contributed by atoms with Gasteiger partial charge in [-0.05, 0) is 31.0 Å². The molecule has 1 heterocycles. The number of hydrogen-bond acceptors (Lipinski definition) is 3. The first-order valence-corrected chi connectivity index (χ1v) is 7.79. The molecule has 3 nitrogen and oxygen atoms in total. The zero-order valence-corrected chi connectivity index (χ0v) is 12.1. The SMILES string of the molecule is O=C(NC1CCCCC1)c1ccc2nc(Cl)sc2c1. The van der Waals surface area contributed by atoms with Crippen molar-refractivity contribution in [3.05, 3.63) is 28.2 Å². The summed E-state index contributed by atoms with van der Waals surface area (Å²) in [5.41, 5.74) is 1.54. The molecule has 1 aromatic heterocycles. The van der Waals surface area contributed by atoms with Crippen LogP contribution in [-0.4, -0.2) is 16.9 Å². The van der Waals surface area contributed by atoms with Crippen LogP contribution in [0.3, 0.4) is 0 Å². The molecule has 0 spiro atoms. The number of carbonyl (C=O) groups excluding carboxylic acids is 1. The van der Waals surface area contributed by atoms with Crippen molar-refractivity contribution in [1.29, 1.82) is 0 Å². The van der Waals surface area contributed by atoms with Crippen LogP contribution in [0.2, 0.25) is 4.47 Å². The zero-order valence-electron chi connectivity index (χ0n) is 10.5. The van der Waals surface area contributed by atoms with Crippen molar-refractivity contribution < 1.29 is 4.79 Å². The second-order valence-electron chi connectivity index (χ2n) is 4.96. The van der Waals surface area contributed by atoms with Gasteiger partial charge < -0.3 is 5.32 Å². The molecular formula is C14H15ClN2OS. The summed E-state index contributed by atoms with van der Waals surface area (Å²) in [6.45, 7) is 0. The minimum atomic E-state index is 0.0123. The maximum absolute atomic E-state index is 12.2. The second kappa shape index (κ2) is 5.47. The Balaban J connectivity index is 1.76. The van der Waals surface area contributed by atoms with E-state index in [0.29, 0.717) is 16.1 Å². The van der Waals surface area contributed by atoms with E-state index in [1.807, 2.05) is 18.2 Å². The molecule has 2 aromatic rings. The molecule has 100 valence electrons. The third-order valence-corrected chi connectivity index (χ3v) is 4.69. The number of carbonyl (C=O) groups is 1. The van der Waals surface area contributed by atoms with E-state index >= 15 is 0 Å². The average Bonchev–Trinajstić information content (AvgIpc) is 2.78. The van der Waals surface area contributed by atoms with Crippen LogP contribution < -0.4 is 5.32 Å². The van der Waals surface area contributed by atoms with Crippen molar-refractivity contribution in [2.45, 2.75) is 38.1 Å². The monoisotopic (exact) mass is 294 g/mol. The number of thiazole rings is 1.